The second kappa shape index (κ2) is 7.97. The minimum Gasteiger partial charge on any atom is -0.388 e. The number of amides is 1. The lowest BCUT2D eigenvalue weighted by atomic mass is 9.87. The average molecular weight is 325 g/mol. The number of nitrogens with zero attached hydrogens (tertiary/aromatic N) is 1. The minimum absolute atomic E-state index is 0.132. The van der Waals surface area contributed by atoms with E-state index in [1.165, 1.54) is 12.1 Å². The number of rotatable bonds is 5. The molecule has 5 heteroatoms. The Morgan fingerprint density at radius 3 is 2.50 bits per heavy atom. The predicted octanol–water partition coefficient (Wildman–Crippen LogP) is 3.24. The monoisotopic (exact) mass is 325 g/mol. The van der Waals surface area contributed by atoms with Gasteiger partial charge < -0.3 is 10.0 Å². The van der Waals surface area contributed by atoms with Gasteiger partial charge in [0.25, 0.3) is 0 Å². The summed E-state index contributed by atoms with van der Waals surface area (Å²) in [6.45, 7) is 3.46. The molecule has 1 aliphatic rings. The largest absolute Gasteiger partial charge is 0.388 e. The Bertz CT molecular complexity index is 486. The van der Waals surface area contributed by atoms with Gasteiger partial charge in [-0.15, -0.1) is 0 Å². The maximum atomic E-state index is 12.9. The molecule has 3 nitrogen and oxygen atoms in total. The Labute approximate surface area is 135 Å². The molecule has 1 heterocycles. The van der Waals surface area contributed by atoms with Crippen LogP contribution in [-0.2, 0) is 4.79 Å². The fourth-order valence-corrected chi connectivity index (χ4v) is 3.16. The standard InChI is InChI=1S/C17H24FNO2S/c1-12(22-2)11-16(20)19-9-7-14(8-10-19)17(21)13-3-5-15(18)6-4-13/h3-6,12,14,17,21H,7-11H2,1-2H3. The van der Waals surface area contributed by atoms with Crippen molar-refractivity contribution >= 4 is 17.7 Å². The van der Waals surface area contributed by atoms with Crippen LogP contribution in [0.4, 0.5) is 4.39 Å². The summed E-state index contributed by atoms with van der Waals surface area (Å²) in [6.07, 6.45) is 3.59. The molecule has 22 heavy (non-hydrogen) atoms. The van der Waals surface area contributed by atoms with Crippen molar-refractivity contribution in [3.63, 3.8) is 0 Å². The maximum Gasteiger partial charge on any atom is 0.223 e. The Balaban J connectivity index is 1.86. The third kappa shape index (κ3) is 4.46. The van der Waals surface area contributed by atoms with Gasteiger partial charge >= 0.3 is 0 Å². The number of hydrogen-bond donors (Lipinski definition) is 1. The van der Waals surface area contributed by atoms with Crippen LogP contribution in [0.2, 0.25) is 0 Å². The van der Waals surface area contributed by atoms with E-state index in [4.69, 9.17) is 0 Å². The van der Waals surface area contributed by atoms with E-state index in [0.717, 1.165) is 18.4 Å². The zero-order valence-corrected chi connectivity index (χ0v) is 14.0. The Morgan fingerprint density at radius 2 is 1.95 bits per heavy atom. The molecule has 1 fully saturated rings. The highest BCUT2D eigenvalue weighted by Crippen LogP contribution is 2.31. The molecule has 0 bridgehead atoms. The normalized spacial score (nSPS) is 19.0. The highest BCUT2D eigenvalue weighted by atomic mass is 32.2. The van der Waals surface area contributed by atoms with E-state index in [1.807, 2.05) is 11.2 Å². The van der Waals surface area contributed by atoms with Crippen molar-refractivity contribution < 1.29 is 14.3 Å². The summed E-state index contributed by atoms with van der Waals surface area (Å²) in [5.41, 5.74) is 0.752. The van der Waals surface area contributed by atoms with E-state index >= 15 is 0 Å². The summed E-state index contributed by atoms with van der Waals surface area (Å²) in [4.78, 5) is 14.1. The van der Waals surface area contributed by atoms with E-state index in [9.17, 15) is 14.3 Å². The SMILES string of the molecule is CSC(C)CC(=O)N1CCC(C(O)c2ccc(F)cc2)CC1. The number of carbonyl (C=O) groups excluding carboxylic acids is 1. The molecule has 2 unspecified atom stereocenters. The summed E-state index contributed by atoms with van der Waals surface area (Å²) in [7, 11) is 0. The van der Waals surface area contributed by atoms with Gasteiger partial charge in [-0.25, -0.2) is 4.39 Å². The van der Waals surface area contributed by atoms with Crippen LogP contribution in [0, 0.1) is 11.7 Å². The predicted molar refractivity (Wildman–Crippen MR) is 88.3 cm³/mol. The van der Waals surface area contributed by atoms with Crippen molar-refractivity contribution in [1.82, 2.24) is 4.90 Å². The van der Waals surface area contributed by atoms with Crippen LogP contribution in [0.15, 0.2) is 24.3 Å². The van der Waals surface area contributed by atoms with Crippen LogP contribution >= 0.6 is 11.8 Å². The summed E-state index contributed by atoms with van der Waals surface area (Å²) in [5, 5.41) is 10.8. The molecule has 1 saturated heterocycles. The molecule has 1 aromatic carbocycles. The van der Waals surface area contributed by atoms with Gasteiger partial charge in [-0.3, -0.25) is 4.79 Å². The lowest BCUT2D eigenvalue weighted by Gasteiger charge is -2.34. The molecule has 1 N–H and O–H groups in total. The number of aliphatic hydroxyl groups excluding tert-OH is 1. The molecule has 2 rings (SSSR count). The van der Waals surface area contributed by atoms with Gasteiger partial charge in [0.05, 0.1) is 6.10 Å². The summed E-state index contributed by atoms with van der Waals surface area (Å²) >= 11 is 1.70. The Kier molecular flexibility index (Phi) is 6.26. The van der Waals surface area contributed by atoms with Crippen LogP contribution in [0.25, 0.3) is 0 Å². The number of halogens is 1. The average Bonchev–Trinajstić information content (AvgIpc) is 2.55. The van der Waals surface area contributed by atoms with E-state index in [2.05, 4.69) is 6.92 Å². The molecule has 0 saturated carbocycles. The number of piperidine rings is 1. The van der Waals surface area contributed by atoms with Gasteiger partial charge in [-0.05, 0) is 42.7 Å². The molecular formula is C17H24FNO2S. The van der Waals surface area contributed by atoms with E-state index in [1.54, 1.807) is 23.9 Å². The summed E-state index contributed by atoms with van der Waals surface area (Å²) in [6, 6.07) is 6.03. The van der Waals surface area contributed by atoms with E-state index in [-0.39, 0.29) is 17.6 Å². The lowest BCUT2D eigenvalue weighted by Crippen LogP contribution is -2.40. The van der Waals surface area contributed by atoms with Crippen molar-refractivity contribution in [3.8, 4) is 0 Å². The van der Waals surface area contributed by atoms with Crippen molar-refractivity contribution in [2.45, 2.75) is 37.5 Å². The van der Waals surface area contributed by atoms with Gasteiger partial charge in [-0.1, -0.05) is 19.1 Å². The molecule has 122 valence electrons. The number of thioether (sulfide) groups is 1. The fraction of sp³-hybridized carbons (Fsp3) is 0.588. The third-order valence-electron chi connectivity index (χ3n) is 4.41. The molecule has 1 amide bonds. The smallest absolute Gasteiger partial charge is 0.223 e. The van der Waals surface area contributed by atoms with Gasteiger partial charge in [-0.2, -0.15) is 11.8 Å². The van der Waals surface area contributed by atoms with Crippen LogP contribution in [-0.4, -0.2) is 40.5 Å². The highest BCUT2D eigenvalue weighted by molar-refractivity contribution is 7.99. The number of benzene rings is 1. The number of hydrogen-bond acceptors (Lipinski definition) is 3. The summed E-state index contributed by atoms with van der Waals surface area (Å²) < 4.78 is 12.9. The second-order valence-electron chi connectivity index (χ2n) is 5.97. The maximum absolute atomic E-state index is 12.9. The van der Waals surface area contributed by atoms with E-state index in [0.29, 0.717) is 24.8 Å². The topological polar surface area (TPSA) is 40.5 Å². The van der Waals surface area contributed by atoms with Crippen LogP contribution in [0.1, 0.15) is 37.9 Å². The molecule has 1 aliphatic heterocycles. The van der Waals surface area contributed by atoms with Crippen molar-refractivity contribution in [2.24, 2.45) is 5.92 Å². The van der Waals surface area contributed by atoms with Gasteiger partial charge in [0.1, 0.15) is 5.82 Å². The number of carbonyl (C=O) groups is 1. The van der Waals surface area contributed by atoms with Crippen LogP contribution in [0.3, 0.4) is 0 Å². The molecule has 0 spiro atoms. The quantitative estimate of drug-likeness (QED) is 0.903. The second-order valence-corrected chi connectivity index (χ2v) is 7.24. The van der Waals surface area contributed by atoms with Crippen molar-refractivity contribution in [3.05, 3.63) is 35.6 Å². The van der Waals surface area contributed by atoms with Gasteiger partial charge in [0.15, 0.2) is 0 Å². The van der Waals surface area contributed by atoms with Crippen LogP contribution < -0.4 is 0 Å². The third-order valence-corrected chi connectivity index (χ3v) is 5.39. The lowest BCUT2D eigenvalue weighted by molar-refractivity contribution is -0.133. The molecule has 0 aromatic heterocycles. The van der Waals surface area contributed by atoms with Gasteiger partial charge in [0, 0.05) is 24.8 Å². The number of likely N-dealkylation sites (tertiary alicyclic amines) is 1. The zero-order valence-electron chi connectivity index (χ0n) is 13.2. The molecule has 2 atom stereocenters. The molecule has 0 aliphatic carbocycles. The first kappa shape index (κ1) is 17.3. The zero-order chi connectivity index (χ0) is 16.1. The Morgan fingerprint density at radius 1 is 1.36 bits per heavy atom. The minimum atomic E-state index is -0.581. The first-order chi connectivity index (χ1) is 10.5. The Hall–Kier alpha value is -1.07. The molecular weight excluding hydrogens is 301 g/mol. The highest BCUT2D eigenvalue weighted by Gasteiger charge is 2.28. The van der Waals surface area contributed by atoms with Gasteiger partial charge in [0.2, 0.25) is 5.91 Å². The summed E-state index contributed by atoms with van der Waals surface area (Å²) in [5.74, 6) is 0.0448. The number of aliphatic hydroxyl groups is 1. The molecule has 0 radical (unpaired) electrons. The first-order valence-electron chi connectivity index (χ1n) is 7.75. The first-order valence-corrected chi connectivity index (χ1v) is 9.04. The van der Waals surface area contributed by atoms with Crippen LogP contribution in [0.5, 0.6) is 0 Å². The van der Waals surface area contributed by atoms with E-state index < -0.39 is 6.10 Å². The fourth-order valence-electron chi connectivity index (χ4n) is 2.86. The van der Waals surface area contributed by atoms with Crippen molar-refractivity contribution in [2.75, 3.05) is 19.3 Å². The molecule has 1 aromatic rings. The van der Waals surface area contributed by atoms with Crippen molar-refractivity contribution in [1.29, 1.82) is 0 Å².